The first-order valence-electron chi connectivity index (χ1n) is 6.65. The van der Waals surface area contributed by atoms with Gasteiger partial charge in [-0.3, -0.25) is 4.79 Å². The molecular formula is C14H18ClNO4S. The predicted molar refractivity (Wildman–Crippen MR) is 80.1 cm³/mol. The predicted octanol–water partition coefficient (Wildman–Crippen LogP) is 2.17. The minimum absolute atomic E-state index is 0.00549. The molecule has 0 radical (unpaired) electrons. The number of hydrogen-bond acceptors (Lipinski definition) is 4. The molecule has 1 aliphatic rings. The Labute approximate surface area is 129 Å². The summed E-state index contributed by atoms with van der Waals surface area (Å²) in [7, 11) is 3.21. The van der Waals surface area contributed by atoms with Gasteiger partial charge in [-0.2, -0.15) is 0 Å². The van der Waals surface area contributed by atoms with Crippen molar-refractivity contribution in [3.05, 3.63) is 29.3 Å². The summed E-state index contributed by atoms with van der Waals surface area (Å²) < 4.78 is 28.4. The van der Waals surface area contributed by atoms with Crippen LogP contribution in [0.1, 0.15) is 29.3 Å². The molecule has 1 aromatic rings. The van der Waals surface area contributed by atoms with Gasteiger partial charge in [0.15, 0.2) is 0 Å². The lowest BCUT2D eigenvalue weighted by atomic mass is 10.1. The van der Waals surface area contributed by atoms with Crippen molar-refractivity contribution in [1.82, 2.24) is 4.90 Å². The third-order valence-electron chi connectivity index (χ3n) is 3.73. The van der Waals surface area contributed by atoms with Crippen molar-refractivity contribution in [2.45, 2.75) is 37.3 Å². The van der Waals surface area contributed by atoms with Gasteiger partial charge in [-0.1, -0.05) is 0 Å². The van der Waals surface area contributed by atoms with Crippen molar-refractivity contribution < 1.29 is 17.9 Å². The lowest BCUT2D eigenvalue weighted by Gasteiger charge is -2.27. The van der Waals surface area contributed by atoms with Crippen molar-refractivity contribution in [2.75, 3.05) is 13.7 Å². The van der Waals surface area contributed by atoms with Crippen LogP contribution in [0.5, 0.6) is 0 Å². The highest BCUT2D eigenvalue weighted by atomic mass is 35.7. The van der Waals surface area contributed by atoms with E-state index in [1.807, 2.05) is 6.92 Å². The van der Waals surface area contributed by atoms with E-state index in [9.17, 15) is 13.2 Å². The number of carbonyl (C=O) groups is 1. The highest BCUT2D eigenvalue weighted by molar-refractivity contribution is 8.13. The van der Waals surface area contributed by atoms with Crippen LogP contribution in [-0.2, 0) is 13.8 Å². The third kappa shape index (κ3) is 3.56. The van der Waals surface area contributed by atoms with E-state index in [-0.39, 0.29) is 22.9 Å². The van der Waals surface area contributed by atoms with Gasteiger partial charge in [-0.05, 0) is 44.0 Å². The number of carbonyl (C=O) groups excluding carboxylic acids is 1. The molecule has 0 bridgehead atoms. The number of rotatable bonds is 3. The Morgan fingerprint density at radius 2 is 2.05 bits per heavy atom. The lowest BCUT2D eigenvalue weighted by molar-refractivity contribution is 0.0574. The van der Waals surface area contributed by atoms with Gasteiger partial charge < -0.3 is 9.64 Å². The van der Waals surface area contributed by atoms with Crippen LogP contribution in [0.4, 0.5) is 0 Å². The topological polar surface area (TPSA) is 63.7 Å². The van der Waals surface area contributed by atoms with Crippen molar-refractivity contribution in [3.8, 4) is 0 Å². The minimum Gasteiger partial charge on any atom is -0.376 e. The van der Waals surface area contributed by atoms with Crippen LogP contribution in [0.2, 0.25) is 0 Å². The second-order valence-corrected chi connectivity index (χ2v) is 7.89. The zero-order valence-electron chi connectivity index (χ0n) is 12.2. The number of amides is 1. The fourth-order valence-electron chi connectivity index (χ4n) is 2.60. The van der Waals surface area contributed by atoms with Gasteiger partial charge in [0.2, 0.25) is 0 Å². The Hall–Kier alpha value is -1.11. The van der Waals surface area contributed by atoms with Gasteiger partial charge in [-0.15, -0.1) is 0 Å². The maximum Gasteiger partial charge on any atom is 0.261 e. The molecule has 2 rings (SSSR count). The molecule has 7 heteroatoms. The van der Waals surface area contributed by atoms with Crippen LogP contribution in [0, 0.1) is 6.92 Å². The van der Waals surface area contributed by atoms with E-state index in [2.05, 4.69) is 0 Å². The molecule has 0 N–H and O–H groups in total. The van der Waals surface area contributed by atoms with Gasteiger partial charge in [0.25, 0.3) is 15.0 Å². The number of hydrogen-bond donors (Lipinski definition) is 0. The monoisotopic (exact) mass is 331 g/mol. The zero-order chi connectivity index (χ0) is 15.8. The molecule has 5 nitrogen and oxygen atoms in total. The normalized spacial score (nSPS) is 22.3. The average molecular weight is 332 g/mol. The maximum atomic E-state index is 12.5. The summed E-state index contributed by atoms with van der Waals surface area (Å²) in [6.45, 7) is 4.27. The van der Waals surface area contributed by atoms with E-state index in [0.29, 0.717) is 17.7 Å². The molecule has 1 aromatic carbocycles. The molecule has 0 aliphatic carbocycles. The summed E-state index contributed by atoms with van der Waals surface area (Å²) in [6.07, 6.45) is 0.746. The summed E-state index contributed by atoms with van der Waals surface area (Å²) >= 11 is 0. The van der Waals surface area contributed by atoms with E-state index in [4.69, 9.17) is 15.4 Å². The van der Waals surface area contributed by atoms with Crippen LogP contribution < -0.4 is 0 Å². The van der Waals surface area contributed by atoms with Crippen LogP contribution in [-0.4, -0.2) is 45.0 Å². The van der Waals surface area contributed by atoms with Crippen LogP contribution in [0.25, 0.3) is 0 Å². The van der Waals surface area contributed by atoms with Crippen molar-refractivity contribution in [3.63, 3.8) is 0 Å². The van der Waals surface area contributed by atoms with Gasteiger partial charge >= 0.3 is 0 Å². The highest BCUT2D eigenvalue weighted by Gasteiger charge is 2.31. The Balaban J connectivity index is 2.33. The molecule has 1 fully saturated rings. The number of benzene rings is 1. The number of likely N-dealkylation sites (N-methyl/N-ethyl adjacent to an activating group) is 1. The van der Waals surface area contributed by atoms with Gasteiger partial charge in [0.05, 0.1) is 17.0 Å². The molecule has 116 valence electrons. The quantitative estimate of drug-likeness (QED) is 0.796. The SMILES string of the molecule is Cc1cc(C(=O)N(C)C2CCOC2C)cc(S(=O)(=O)Cl)c1. The molecule has 0 saturated carbocycles. The second-order valence-electron chi connectivity index (χ2n) is 5.32. The molecule has 2 unspecified atom stereocenters. The molecule has 21 heavy (non-hydrogen) atoms. The molecule has 0 aromatic heterocycles. The fraction of sp³-hybridized carbons (Fsp3) is 0.500. The summed E-state index contributed by atoms with van der Waals surface area (Å²) in [4.78, 5) is 14.1. The fourth-order valence-corrected chi connectivity index (χ4v) is 3.46. The van der Waals surface area contributed by atoms with Crippen LogP contribution in [0.3, 0.4) is 0 Å². The summed E-state index contributed by atoms with van der Waals surface area (Å²) in [5.74, 6) is -0.234. The second kappa shape index (κ2) is 5.94. The van der Waals surface area contributed by atoms with E-state index in [1.54, 1.807) is 24.9 Å². The summed E-state index contributed by atoms with van der Waals surface area (Å²) in [6, 6.07) is 4.41. The van der Waals surface area contributed by atoms with Gasteiger partial charge in [0, 0.05) is 29.9 Å². The smallest absolute Gasteiger partial charge is 0.261 e. The van der Waals surface area contributed by atoms with Crippen molar-refractivity contribution in [1.29, 1.82) is 0 Å². The Morgan fingerprint density at radius 3 is 2.57 bits per heavy atom. The Bertz CT molecular complexity index is 659. The van der Waals surface area contributed by atoms with E-state index >= 15 is 0 Å². The van der Waals surface area contributed by atoms with Gasteiger partial charge in [-0.25, -0.2) is 8.42 Å². The van der Waals surface area contributed by atoms with Crippen molar-refractivity contribution >= 4 is 25.6 Å². The van der Waals surface area contributed by atoms with Crippen LogP contribution in [0.15, 0.2) is 23.1 Å². The molecular weight excluding hydrogens is 314 g/mol. The maximum absolute atomic E-state index is 12.5. The average Bonchev–Trinajstić information content (AvgIpc) is 2.81. The number of ether oxygens (including phenoxy) is 1. The summed E-state index contributed by atoms with van der Waals surface area (Å²) in [5, 5.41) is 0. The summed E-state index contributed by atoms with van der Waals surface area (Å²) in [5.41, 5.74) is 0.986. The zero-order valence-corrected chi connectivity index (χ0v) is 13.7. The van der Waals surface area contributed by atoms with E-state index < -0.39 is 9.05 Å². The Morgan fingerprint density at radius 1 is 1.38 bits per heavy atom. The standard InChI is InChI=1S/C14H18ClNO4S/c1-9-6-11(8-12(7-9)21(15,18)19)14(17)16(3)13-4-5-20-10(13)2/h6-8,10,13H,4-5H2,1-3H3. The number of aryl methyl sites for hydroxylation is 1. The first-order valence-corrected chi connectivity index (χ1v) is 8.96. The first kappa shape index (κ1) is 16.3. The molecule has 0 spiro atoms. The third-order valence-corrected chi connectivity index (χ3v) is 5.07. The molecule has 2 atom stereocenters. The lowest BCUT2D eigenvalue weighted by Crippen LogP contribution is -2.41. The Kier molecular flexibility index (Phi) is 4.60. The van der Waals surface area contributed by atoms with E-state index in [0.717, 1.165) is 6.42 Å². The molecule has 1 aliphatic heterocycles. The minimum atomic E-state index is -3.86. The number of nitrogens with zero attached hydrogens (tertiary/aromatic N) is 1. The molecule has 1 saturated heterocycles. The van der Waals surface area contributed by atoms with E-state index in [1.165, 1.54) is 12.1 Å². The van der Waals surface area contributed by atoms with Crippen LogP contribution >= 0.6 is 10.7 Å². The van der Waals surface area contributed by atoms with Crippen molar-refractivity contribution in [2.24, 2.45) is 0 Å². The molecule has 1 amide bonds. The largest absolute Gasteiger partial charge is 0.376 e. The van der Waals surface area contributed by atoms with Gasteiger partial charge in [0.1, 0.15) is 0 Å². The molecule has 1 heterocycles. The first-order chi connectivity index (χ1) is 9.70. The number of halogens is 1. The highest BCUT2D eigenvalue weighted by Crippen LogP contribution is 2.23.